The molecule has 2 N–H and O–H groups in total. The highest BCUT2D eigenvalue weighted by atomic mass is 16.5. The minimum atomic E-state index is -0.695. The summed E-state index contributed by atoms with van der Waals surface area (Å²) in [5.41, 5.74) is 3.21. The number of imidazole rings is 1. The summed E-state index contributed by atoms with van der Waals surface area (Å²) in [7, 11) is 1.51. The lowest BCUT2D eigenvalue weighted by Crippen LogP contribution is -2.29. The Hall–Kier alpha value is -3.43. The zero-order valence-electron chi connectivity index (χ0n) is 14.3. The molecule has 0 saturated heterocycles. The molecule has 26 heavy (non-hydrogen) atoms. The van der Waals surface area contributed by atoms with Crippen LogP contribution in [0.2, 0.25) is 0 Å². The van der Waals surface area contributed by atoms with Crippen molar-refractivity contribution in [2.75, 3.05) is 7.11 Å². The number of aromatic amines is 1. The van der Waals surface area contributed by atoms with E-state index in [0.717, 1.165) is 22.5 Å². The number of rotatable bonds is 6. The standard InChI is InChI=1S/C20H18N4O2/c1-26-18(16-6-8-17(9-7-16)19-22-10-11-23-19)20(25)24-13-15-4-2-14(12-21)3-5-15/h2-11,18H,13H2,1H3,(H,22,23)(H,24,25)/t18-/m0/s1. The second kappa shape index (κ2) is 8.10. The minimum absolute atomic E-state index is 0.220. The van der Waals surface area contributed by atoms with Crippen molar-refractivity contribution < 1.29 is 9.53 Å². The van der Waals surface area contributed by atoms with Crippen molar-refractivity contribution in [1.29, 1.82) is 5.26 Å². The molecule has 1 amide bonds. The molecule has 6 heteroatoms. The smallest absolute Gasteiger partial charge is 0.254 e. The van der Waals surface area contributed by atoms with Crippen LogP contribution in [0.25, 0.3) is 11.4 Å². The van der Waals surface area contributed by atoms with Crippen LogP contribution in [0.5, 0.6) is 0 Å². The number of hydrogen-bond donors (Lipinski definition) is 2. The molecule has 0 spiro atoms. The van der Waals surface area contributed by atoms with Gasteiger partial charge in [0.05, 0.1) is 11.6 Å². The molecule has 0 fully saturated rings. The fraction of sp³-hybridized carbons (Fsp3) is 0.150. The fourth-order valence-electron chi connectivity index (χ4n) is 2.61. The summed E-state index contributed by atoms with van der Waals surface area (Å²) in [5, 5.41) is 11.7. The summed E-state index contributed by atoms with van der Waals surface area (Å²) in [5.74, 6) is 0.554. The lowest BCUT2D eigenvalue weighted by molar-refractivity contribution is -0.131. The summed E-state index contributed by atoms with van der Waals surface area (Å²) in [4.78, 5) is 19.7. The van der Waals surface area contributed by atoms with Crippen LogP contribution >= 0.6 is 0 Å². The Balaban J connectivity index is 1.65. The normalized spacial score (nSPS) is 11.5. The van der Waals surface area contributed by atoms with Gasteiger partial charge in [-0.1, -0.05) is 36.4 Å². The summed E-state index contributed by atoms with van der Waals surface area (Å²) >= 11 is 0. The molecule has 0 radical (unpaired) electrons. The Kier molecular flexibility index (Phi) is 5.42. The molecular formula is C20H18N4O2. The molecule has 0 unspecified atom stereocenters. The molecule has 3 rings (SSSR count). The molecule has 0 aliphatic heterocycles. The van der Waals surface area contributed by atoms with Gasteiger partial charge in [-0.25, -0.2) is 4.98 Å². The molecule has 0 aliphatic rings. The number of benzene rings is 2. The molecule has 1 atom stereocenters. The van der Waals surface area contributed by atoms with Crippen LogP contribution in [0.3, 0.4) is 0 Å². The van der Waals surface area contributed by atoms with E-state index in [0.29, 0.717) is 12.1 Å². The van der Waals surface area contributed by atoms with Gasteiger partial charge in [0.2, 0.25) is 0 Å². The van der Waals surface area contributed by atoms with Crippen molar-refractivity contribution in [3.63, 3.8) is 0 Å². The molecule has 1 heterocycles. The molecule has 0 aliphatic carbocycles. The average molecular weight is 346 g/mol. The molecular weight excluding hydrogens is 328 g/mol. The van der Waals surface area contributed by atoms with E-state index in [9.17, 15) is 4.79 Å². The SMILES string of the molecule is CO[C@H](C(=O)NCc1ccc(C#N)cc1)c1ccc(-c2ncc[nH]2)cc1. The van der Waals surface area contributed by atoms with Crippen LogP contribution < -0.4 is 5.32 Å². The zero-order valence-corrected chi connectivity index (χ0v) is 14.3. The summed E-state index contributed by atoms with van der Waals surface area (Å²) < 4.78 is 5.38. The third-order valence-corrected chi connectivity index (χ3v) is 4.01. The first kappa shape index (κ1) is 17.4. The van der Waals surface area contributed by atoms with Crippen molar-refractivity contribution in [2.24, 2.45) is 0 Å². The first-order valence-corrected chi connectivity index (χ1v) is 8.10. The van der Waals surface area contributed by atoms with E-state index in [1.165, 1.54) is 7.11 Å². The Morgan fingerprint density at radius 1 is 1.23 bits per heavy atom. The first-order valence-electron chi connectivity index (χ1n) is 8.10. The number of nitrogens with zero attached hydrogens (tertiary/aromatic N) is 2. The number of methoxy groups -OCH3 is 1. The summed E-state index contributed by atoms with van der Waals surface area (Å²) in [6.45, 7) is 0.370. The molecule has 0 saturated carbocycles. The number of ether oxygens (including phenoxy) is 1. The van der Waals surface area contributed by atoms with Gasteiger partial charge in [0.1, 0.15) is 5.82 Å². The van der Waals surface area contributed by atoms with Crippen LogP contribution in [-0.4, -0.2) is 23.0 Å². The maximum absolute atomic E-state index is 12.5. The third kappa shape index (κ3) is 3.97. The van der Waals surface area contributed by atoms with E-state index in [1.807, 2.05) is 36.4 Å². The monoisotopic (exact) mass is 346 g/mol. The Labute approximate surface area is 151 Å². The molecule has 3 aromatic rings. The number of nitriles is 1. The van der Waals surface area contributed by atoms with Crippen molar-refractivity contribution in [1.82, 2.24) is 15.3 Å². The van der Waals surface area contributed by atoms with E-state index in [-0.39, 0.29) is 5.91 Å². The van der Waals surface area contributed by atoms with Crippen molar-refractivity contribution in [3.8, 4) is 17.5 Å². The van der Waals surface area contributed by atoms with Crippen LogP contribution in [0.1, 0.15) is 22.8 Å². The number of aromatic nitrogens is 2. The van der Waals surface area contributed by atoms with E-state index >= 15 is 0 Å². The number of H-pyrrole nitrogens is 1. The third-order valence-electron chi connectivity index (χ3n) is 4.01. The lowest BCUT2D eigenvalue weighted by atomic mass is 10.1. The molecule has 0 bridgehead atoms. The quantitative estimate of drug-likeness (QED) is 0.718. The molecule has 2 aromatic carbocycles. The number of nitrogens with one attached hydrogen (secondary N) is 2. The van der Waals surface area contributed by atoms with Gasteiger partial charge in [0.25, 0.3) is 5.91 Å². The van der Waals surface area contributed by atoms with Gasteiger partial charge >= 0.3 is 0 Å². The van der Waals surface area contributed by atoms with Gasteiger partial charge in [-0.2, -0.15) is 5.26 Å². The Morgan fingerprint density at radius 3 is 2.54 bits per heavy atom. The van der Waals surface area contributed by atoms with Gasteiger partial charge in [-0.3, -0.25) is 4.79 Å². The van der Waals surface area contributed by atoms with Crippen LogP contribution in [0.15, 0.2) is 60.9 Å². The predicted octanol–water partition coefficient (Wildman–Crippen LogP) is 2.95. The van der Waals surface area contributed by atoms with Gasteiger partial charge in [0, 0.05) is 31.6 Å². The number of carbonyl (C=O) groups is 1. The largest absolute Gasteiger partial charge is 0.367 e. The molecule has 6 nitrogen and oxygen atoms in total. The Morgan fingerprint density at radius 2 is 1.96 bits per heavy atom. The van der Waals surface area contributed by atoms with Gasteiger partial charge in [0.15, 0.2) is 6.10 Å². The second-order valence-corrected chi connectivity index (χ2v) is 5.70. The zero-order chi connectivity index (χ0) is 18.4. The maximum atomic E-state index is 12.5. The van der Waals surface area contributed by atoms with Gasteiger partial charge < -0.3 is 15.0 Å². The summed E-state index contributed by atoms with van der Waals surface area (Å²) in [6, 6.07) is 16.7. The fourth-order valence-corrected chi connectivity index (χ4v) is 2.61. The van der Waals surface area contributed by atoms with E-state index < -0.39 is 6.10 Å². The lowest BCUT2D eigenvalue weighted by Gasteiger charge is -2.16. The van der Waals surface area contributed by atoms with E-state index in [1.54, 1.807) is 24.5 Å². The number of carbonyl (C=O) groups excluding carboxylic acids is 1. The minimum Gasteiger partial charge on any atom is -0.367 e. The van der Waals surface area contributed by atoms with Gasteiger partial charge in [-0.05, 0) is 23.3 Å². The Bertz CT molecular complexity index is 894. The molecule has 130 valence electrons. The average Bonchev–Trinajstić information content (AvgIpc) is 3.23. The summed E-state index contributed by atoms with van der Waals surface area (Å²) in [6.07, 6.45) is 2.76. The predicted molar refractivity (Wildman–Crippen MR) is 96.8 cm³/mol. The second-order valence-electron chi connectivity index (χ2n) is 5.70. The van der Waals surface area contributed by atoms with Crippen LogP contribution in [-0.2, 0) is 16.1 Å². The highest BCUT2D eigenvalue weighted by Gasteiger charge is 2.19. The van der Waals surface area contributed by atoms with Gasteiger partial charge in [-0.15, -0.1) is 0 Å². The van der Waals surface area contributed by atoms with Crippen LogP contribution in [0.4, 0.5) is 0 Å². The number of hydrogen-bond acceptors (Lipinski definition) is 4. The number of amides is 1. The van der Waals surface area contributed by atoms with Crippen LogP contribution in [0, 0.1) is 11.3 Å². The first-order chi connectivity index (χ1) is 12.7. The van der Waals surface area contributed by atoms with Crippen molar-refractivity contribution in [2.45, 2.75) is 12.6 Å². The highest BCUT2D eigenvalue weighted by Crippen LogP contribution is 2.21. The topological polar surface area (TPSA) is 90.8 Å². The van der Waals surface area contributed by atoms with E-state index in [4.69, 9.17) is 10.00 Å². The van der Waals surface area contributed by atoms with E-state index in [2.05, 4.69) is 21.4 Å². The highest BCUT2D eigenvalue weighted by molar-refractivity contribution is 5.82. The van der Waals surface area contributed by atoms with Crippen molar-refractivity contribution >= 4 is 5.91 Å². The molecule has 1 aromatic heterocycles. The maximum Gasteiger partial charge on any atom is 0.254 e. The van der Waals surface area contributed by atoms with Crippen molar-refractivity contribution in [3.05, 3.63) is 77.6 Å².